The van der Waals surface area contributed by atoms with Crippen LogP contribution in [-0.4, -0.2) is 25.2 Å². The van der Waals surface area contributed by atoms with Crippen molar-refractivity contribution in [2.75, 3.05) is 13.2 Å². The van der Waals surface area contributed by atoms with E-state index < -0.39 is 23.3 Å². The van der Waals surface area contributed by atoms with E-state index in [1.165, 1.54) is 5.57 Å². The van der Waals surface area contributed by atoms with Gasteiger partial charge >= 0.3 is 11.9 Å². The molecule has 1 atom stereocenters. The van der Waals surface area contributed by atoms with Crippen LogP contribution in [0.5, 0.6) is 0 Å². The third-order valence-corrected chi connectivity index (χ3v) is 3.41. The highest BCUT2D eigenvalue weighted by molar-refractivity contribution is 5.96. The summed E-state index contributed by atoms with van der Waals surface area (Å²) in [6.45, 7) is 13.6. The van der Waals surface area contributed by atoms with Crippen LogP contribution in [-0.2, 0) is 19.1 Å². The lowest BCUT2D eigenvalue weighted by Crippen LogP contribution is -2.40. The van der Waals surface area contributed by atoms with Gasteiger partial charge in [-0.3, -0.25) is 9.59 Å². The minimum Gasteiger partial charge on any atom is -0.465 e. The molecule has 4 heteroatoms. The molecule has 1 unspecified atom stereocenters. The molecule has 0 radical (unpaired) electrons. The van der Waals surface area contributed by atoms with Gasteiger partial charge in [0.25, 0.3) is 0 Å². The van der Waals surface area contributed by atoms with Crippen LogP contribution in [0, 0.1) is 11.3 Å². The molecule has 120 valence electrons. The quantitative estimate of drug-likeness (QED) is 0.370. The van der Waals surface area contributed by atoms with Crippen LogP contribution >= 0.6 is 0 Å². The van der Waals surface area contributed by atoms with Gasteiger partial charge < -0.3 is 9.47 Å². The lowest BCUT2D eigenvalue weighted by molar-refractivity contribution is -0.166. The van der Waals surface area contributed by atoms with Crippen LogP contribution in [0.3, 0.4) is 0 Å². The Morgan fingerprint density at radius 3 is 1.95 bits per heavy atom. The fourth-order valence-corrected chi connectivity index (χ4v) is 2.12. The van der Waals surface area contributed by atoms with E-state index in [0.29, 0.717) is 6.42 Å². The van der Waals surface area contributed by atoms with E-state index in [1.54, 1.807) is 19.9 Å². The largest absolute Gasteiger partial charge is 0.465 e. The minimum absolute atomic E-state index is 0.232. The molecule has 0 bridgehead atoms. The summed E-state index contributed by atoms with van der Waals surface area (Å²) in [6, 6.07) is 0. The minimum atomic E-state index is -0.972. The summed E-state index contributed by atoms with van der Waals surface area (Å²) in [6.07, 6.45) is 5.13. The zero-order valence-corrected chi connectivity index (χ0v) is 13.9. The summed E-state index contributed by atoms with van der Waals surface area (Å²) < 4.78 is 10.1. The van der Waals surface area contributed by atoms with Gasteiger partial charge in [0.1, 0.15) is 0 Å². The monoisotopic (exact) mass is 296 g/mol. The summed E-state index contributed by atoms with van der Waals surface area (Å²) in [7, 11) is 0. The Morgan fingerprint density at radius 1 is 1.14 bits per heavy atom. The van der Waals surface area contributed by atoms with E-state index in [0.717, 1.165) is 6.42 Å². The molecule has 21 heavy (non-hydrogen) atoms. The van der Waals surface area contributed by atoms with Crippen molar-refractivity contribution in [2.24, 2.45) is 11.3 Å². The molecular formula is C17H28O4. The molecule has 0 N–H and O–H groups in total. The number of ether oxygens (including phenoxy) is 2. The zero-order valence-electron chi connectivity index (χ0n) is 13.9. The second-order valence-corrected chi connectivity index (χ2v) is 5.47. The van der Waals surface area contributed by atoms with Gasteiger partial charge in [-0.25, -0.2) is 0 Å². The topological polar surface area (TPSA) is 52.6 Å². The summed E-state index contributed by atoms with van der Waals surface area (Å²) in [5.41, 5.74) is 0.509. The van der Waals surface area contributed by atoms with Gasteiger partial charge in [0.15, 0.2) is 5.92 Å². The summed E-state index contributed by atoms with van der Waals surface area (Å²) >= 11 is 0. The van der Waals surface area contributed by atoms with Gasteiger partial charge in [-0.15, -0.1) is 6.58 Å². The molecule has 0 aliphatic heterocycles. The molecule has 0 heterocycles. The molecule has 0 aromatic heterocycles. The van der Waals surface area contributed by atoms with Crippen LogP contribution in [0.25, 0.3) is 0 Å². The molecule has 0 spiro atoms. The first-order valence-electron chi connectivity index (χ1n) is 7.42. The number of carbonyl (C=O) groups excluding carboxylic acids is 2. The molecule has 0 aliphatic rings. The van der Waals surface area contributed by atoms with Crippen molar-refractivity contribution in [1.82, 2.24) is 0 Å². The number of hydrogen-bond donors (Lipinski definition) is 0. The molecule has 0 amide bonds. The Morgan fingerprint density at radius 2 is 1.62 bits per heavy atom. The normalized spacial score (nSPS) is 13.2. The molecule has 0 aliphatic carbocycles. The molecule has 4 nitrogen and oxygen atoms in total. The van der Waals surface area contributed by atoms with Crippen LogP contribution < -0.4 is 0 Å². The molecular weight excluding hydrogens is 268 g/mol. The van der Waals surface area contributed by atoms with Gasteiger partial charge in [0.05, 0.1) is 13.2 Å². The molecule has 0 fully saturated rings. The first kappa shape index (κ1) is 19.4. The lowest BCUT2D eigenvalue weighted by atomic mass is 9.73. The predicted molar refractivity (Wildman–Crippen MR) is 83.7 cm³/mol. The van der Waals surface area contributed by atoms with E-state index >= 15 is 0 Å². The maximum atomic E-state index is 12.2. The van der Waals surface area contributed by atoms with Gasteiger partial charge in [0.2, 0.25) is 0 Å². The highest BCUT2D eigenvalue weighted by Gasteiger charge is 2.44. The van der Waals surface area contributed by atoms with Gasteiger partial charge in [0, 0.05) is 5.41 Å². The predicted octanol–water partition coefficient (Wildman–Crippen LogP) is 3.67. The van der Waals surface area contributed by atoms with Crippen molar-refractivity contribution in [1.29, 1.82) is 0 Å². The van der Waals surface area contributed by atoms with E-state index in [-0.39, 0.29) is 13.2 Å². The third-order valence-electron chi connectivity index (χ3n) is 3.41. The Kier molecular flexibility index (Phi) is 8.67. The summed E-state index contributed by atoms with van der Waals surface area (Å²) in [5, 5.41) is 0. The number of esters is 2. The smallest absolute Gasteiger partial charge is 0.321 e. The SMILES string of the molecule is C=CC(C)(CCC=C(C)C)C(C(=O)OCC)C(=O)OCC. The number of rotatable bonds is 9. The fraction of sp³-hybridized carbons (Fsp3) is 0.647. The Bertz CT molecular complexity index is 376. The van der Waals surface area contributed by atoms with E-state index in [4.69, 9.17) is 9.47 Å². The van der Waals surface area contributed by atoms with Crippen molar-refractivity contribution >= 4 is 11.9 Å². The number of allylic oxidation sites excluding steroid dienone is 3. The fourth-order valence-electron chi connectivity index (χ4n) is 2.12. The average molecular weight is 296 g/mol. The third kappa shape index (κ3) is 6.15. The maximum absolute atomic E-state index is 12.2. The highest BCUT2D eigenvalue weighted by Crippen LogP contribution is 2.36. The summed E-state index contributed by atoms with van der Waals surface area (Å²) in [5.74, 6) is -2.06. The van der Waals surface area contributed by atoms with Crippen LogP contribution in [0.1, 0.15) is 47.5 Å². The molecule has 0 saturated heterocycles. The van der Waals surface area contributed by atoms with Crippen molar-refractivity contribution in [3.8, 4) is 0 Å². The molecule has 0 aromatic rings. The van der Waals surface area contributed by atoms with Crippen molar-refractivity contribution in [3.05, 3.63) is 24.3 Å². The second kappa shape index (κ2) is 9.37. The standard InChI is InChI=1S/C17H28O4/c1-7-17(6,12-10-11-13(4)5)14(15(18)20-8-2)16(19)21-9-3/h7,11,14H,1,8-10,12H2,2-6H3. The first-order valence-corrected chi connectivity index (χ1v) is 7.42. The molecule has 0 rings (SSSR count). The number of carbonyl (C=O) groups is 2. The lowest BCUT2D eigenvalue weighted by Gasteiger charge is -2.31. The van der Waals surface area contributed by atoms with Crippen LogP contribution in [0.2, 0.25) is 0 Å². The summed E-state index contributed by atoms with van der Waals surface area (Å²) in [4.78, 5) is 24.4. The van der Waals surface area contributed by atoms with Gasteiger partial charge in [-0.1, -0.05) is 24.6 Å². The maximum Gasteiger partial charge on any atom is 0.321 e. The zero-order chi connectivity index (χ0) is 16.5. The second-order valence-electron chi connectivity index (χ2n) is 5.47. The Balaban J connectivity index is 5.29. The molecule has 0 aromatic carbocycles. The highest BCUT2D eigenvalue weighted by atomic mass is 16.6. The number of hydrogen-bond acceptors (Lipinski definition) is 4. The van der Waals surface area contributed by atoms with Crippen molar-refractivity contribution in [2.45, 2.75) is 47.5 Å². The van der Waals surface area contributed by atoms with Gasteiger partial charge in [-0.2, -0.15) is 0 Å². The van der Waals surface area contributed by atoms with Crippen LogP contribution in [0.15, 0.2) is 24.3 Å². The van der Waals surface area contributed by atoms with Gasteiger partial charge in [-0.05, 0) is 40.5 Å². The van der Waals surface area contributed by atoms with E-state index in [2.05, 4.69) is 12.7 Å². The van der Waals surface area contributed by atoms with Crippen molar-refractivity contribution in [3.63, 3.8) is 0 Å². The van der Waals surface area contributed by atoms with E-state index in [9.17, 15) is 9.59 Å². The van der Waals surface area contributed by atoms with Crippen molar-refractivity contribution < 1.29 is 19.1 Å². The van der Waals surface area contributed by atoms with Crippen LogP contribution in [0.4, 0.5) is 0 Å². The van der Waals surface area contributed by atoms with E-state index in [1.807, 2.05) is 20.8 Å². The first-order chi connectivity index (χ1) is 9.82. The molecule has 0 saturated carbocycles. The average Bonchev–Trinajstić information content (AvgIpc) is 2.39. The Labute approximate surface area is 128 Å². The Hall–Kier alpha value is -1.58.